The molecule has 1 unspecified atom stereocenters. The minimum atomic E-state index is 0.700. The van der Waals surface area contributed by atoms with Crippen LogP contribution >= 0.6 is 0 Å². The third-order valence-electron chi connectivity index (χ3n) is 3.97. The van der Waals surface area contributed by atoms with Crippen LogP contribution in [-0.2, 0) is 0 Å². The van der Waals surface area contributed by atoms with Crippen LogP contribution in [0.25, 0.3) is 0 Å². The van der Waals surface area contributed by atoms with Crippen molar-refractivity contribution < 1.29 is 0 Å². The van der Waals surface area contributed by atoms with Crippen molar-refractivity contribution in [1.29, 1.82) is 0 Å². The maximum Gasteiger partial charge on any atom is 0.0368 e. The minimum absolute atomic E-state index is 0.700. The van der Waals surface area contributed by atoms with Crippen LogP contribution in [0.3, 0.4) is 0 Å². The van der Waals surface area contributed by atoms with Crippen molar-refractivity contribution in [3.8, 4) is 0 Å². The van der Waals surface area contributed by atoms with Crippen molar-refractivity contribution in [3.05, 3.63) is 24.3 Å². The largest absolute Gasteiger partial charge is 0.378 e. The maximum atomic E-state index is 3.73. The van der Waals surface area contributed by atoms with E-state index in [0.29, 0.717) is 6.04 Å². The number of anilines is 2. The molecular formula is C15H23N3. The first kappa shape index (κ1) is 11.8. The van der Waals surface area contributed by atoms with Gasteiger partial charge < -0.3 is 15.1 Å². The molecule has 1 aromatic carbocycles. The van der Waals surface area contributed by atoms with Gasteiger partial charge in [0.1, 0.15) is 0 Å². The van der Waals surface area contributed by atoms with Crippen molar-refractivity contribution in [1.82, 2.24) is 5.32 Å². The van der Waals surface area contributed by atoms with Crippen LogP contribution in [0.4, 0.5) is 11.4 Å². The van der Waals surface area contributed by atoms with Crippen LogP contribution in [0.2, 0.25) is 0 Å². The Hall–Kier alpha value is -1.22. The second kappa shape index (κ2) is 4.81. The van der Waals surface area contributed by atoms with Gasteiger partial charge in [-0.3, -0.25) is 0 Å². The third kappa shape index (κ3) is 2.61. The molecule has 0 bridgehead atoms. The standard InChI is InChI=1S/C15H23N3/c1-17(2)14-5-7-15(8-6-14)18-10-9-13(11-18)16-12-3-4-12/h5-8,12-13,16H,3-4,9-11H2,1-2H3. The molecule has 2 aliphatic rings. The molecule has 1 atom stereocenters. The second-order valence-corrected chi connectivity index (χ2v) is 5.78. The summed E-state index contributed by atoms with van der Waals surface area (Å²) in [4.78, 5) is 4.64. The molecule has 0 aromatic heterocycles. The van der Waals surface area contributed by atoms with Gasteiger partial charge in [0.25, 0.3) is 0 Å². The van der Waals surface area contributed by atoms with Crippen LogP contribution in [0.1, 0.15) is 19.3 Å². The maximum absolute atomic E-state index is 3.73. The molecule has 0 amide bonds. The number of benzene rings is 1. The van der Waals surface area contributed by atoms with E-state index in [4.69, 9.17) is 0 Å². The lowest BCUT2D eigenvalue weighted by Gasteiger charge is -2.20. The molecule has 1 heterocycles. The third-order valence-corrected chi connectivity index (χ3v) is 3.97. The van der Waals surface area contributed by atoms with Crippen LogP contribution in [0.15, 0.2) is 24.3 Å². The first-order valence-electron chi connectivity index (χ1n) is 7.01. The van der Waals surface area contributed by atoms with E-state index in [-0.39, 0.29) is 0 Å². The Morgan fingerprint density at radius 2 is 1.78 bits per heavy atom. The average Bonchev–Trinajstić information content (AvgIpc) is 3.05. The Kier molecular flexibility index (Phi) is 3.16. The molecule has 0 radical (unpaired) electrons. The van der Waals surface area contributed by atoms with E-state index in [1.54, 1.807) is 0 Å². The highest BCUT2D eigenvalue weighted by atomic mass is 15.2. The highest BCUT2D eigenvalue weighted by molar-refractivity contribution is 5.56. The number of nitrogens with one attached hydrogen (secondary N) is 1. The van der Waals surface area contributed by atoms with E-state index in [1.165, 1.54) is 37.2 Å². The van der Waals surface area contributed by atoms with E-state index in [0.717, 1.165) is 12.6 Å². The first-order chi connectivity index (χ1) is 8.72. The Bertz CT molecular complexity index is 395. The summed E-state index contributed by atoms with van der Waals surface area (Å²) >= 11 is 0. The number of rotatable bonds is 4. The molecule has 3 nitrogen and oxygen atoms in total. The number of hydrogen-bond donors (Lipinski definition) is 1. The predicted octanol–water partition coefficient (Wildman–Crippen LogP) is 2.08. The fraction of sp³-hybridized carbons (Fsp3) is 0.600. The molecule has 1 saturated carbocycles. The van der Waals surface area contributed by atoms with Gasteiger partial charge >= 0.3 is 0 Å². The quantitative estimate of drug-likeness (QED) is 0.876. The van der Waals surface area contributed by atoms with Crippen molar-refractivity contribution in [3.63, 3.8) is 0 Å². The average molecular weight is 245 g/mol. The van der Waals surface area contributed by atoms with Crippen molar-refractivity contribution in [2.45, 2.75) is 31.3 Å². The predicted molar refractivity (Wildman–Crippen MR) is 77.5 cm³/mol. The number of hydrogen-bond acceptors (Lipinski definition) is 3. The highest BCUT2D eigenvalue weighted by Gasteiger charge is 2.29. The van der Waals surface area contributed by atoms with Gasteiger partial charge in [-0.15, -0.1) is 0 Å². The summed E-state index contributed by atoms with van der Waals surface area (Å²) in [5.41, 5.74) is 2.63. The van der Waals surface area contributed by atoms with E-state index in [2.05, 4.69) is 53.5 Å². The monoisotopic (exact) mass is 245 g/mol. The summed E-state index contributed by atoms with van der Waals surface area (Å²) < 4.78 is 0. The Balaban J connectivity index is 1.60. The summed E-state index contributed by atoms with van der Waals surface area (Å²) in [6.07, 6.45) is 4.05. The normalized spacial score (nSPS) is 23.4. The van der Waals surface area contributed by atoms with Crippen LogP contribution in [0, 0.1) is 0 Å². The van der Waals surface area contributed by atoms with E-state index in [9.17, 15) is 0 Å². The van der Waals surface area contributed by atoms with Gasteiger partial charge in [-0.1, -0.05) is 0 Å². The van der Waals surface area contributed by atoms with Gasteiger partial charge in [0, 0.05) is 50.6 Å². The summed E-state index contributed by atoms with van der Waals surface area (Å²) in [7, 11) is 4.17. The summed E-state index contributed by atoms with van der Waals surface area (Å²) in [6, 6.07) is 10.4. The molecule has 3 heteroatoms. The lowest BCUT2D eigenvalue weighted by atomic mass is 10.2. The molecule has 18 heavy (non-hydrogen) atoms. The molecule has 1 saturated heterocycles. The van der Waals surface area contributed by atoms with Crippen LogP contribution < -0.4 is 15.1 Å². The highest BCUT2D eigenvalue weighted by Crippen LogP contribution is 2.26. The van der Waals surface area contributed by atoms with Gasteiger partial charge in [-0.25, -0.2) is 0 Å². The lowest BCUT2D eigenvalue weighted by molar-refractivity contribution is 0.548. The zero-order valence-electron chi connectivity index (χ0n) is 11.4. The smallest absolute Gasteiger partial charge is 0.0368 e. The number of nitrogens with zero attached hydrogens (tertiary/aromatic N) is 2. The van der Waals surface area contributed by atoms with Gasteiger partial charge in [0.2, 0.25) is 0 Å². The summed E-state index contributed by atoms with van der Waals surface area (Å²) in [6.45, 7) is 2.35. The van der Waals surface area contributed by atoms with Crippen molar-refractivity contribution in [2.24, 2.45) is 0 Å². The zero-order chi connectivity index (χ0) is 12.5. The molecule has 1 aromatic rings. The lowest BCUT2D eigenvalue weighted by Crippen LogP contribution is -2.33. The Morgan fingerprint density at radius 1 is 1.06 bits per heavy atom. The van der Waals surface area contributed by atoms with Gasteiger partial charge in [-0.2, -0.15) is 0 Å². The molecule has 1 N–H and O–H groups in total. The zero-order valence-corrected chi connectivity index (χ0v) is 11.4. The minimum Gasteiger partial charge on any atom is -0.378 e. The molecule has 0 spiro atoms. The van der Waals surface area contributed by atoms with E-state index >= 15 is 0 Å². The molecule has 1 aliphatic carbocycles. The van der Waals surface area contributed by atoms with Gasteiger partial charge in [0.15, 0.2) is 0 Å². The van der Waals surface area contributed by atoms with Crippen LogP contribution in [-0.4, -0.2) is 39.3 Å². The van der Waals surface area contributed by atoms with E-state index < -0.39 is 0 Å². The van der Waals surface area contributed by atoms with Crippen molar-refractivity contribution in [2.75, 3.05) is 37.0 Å². The SMILES string of the molecule is CN(C)c1ccc(N2CCC(NC3CC3)C2)cc1. The summed E-state index contributed by atoms with van der Waals surface area (Å²) in [5, 5.41) is 3.73. The van der Waals surface area contributed by atoms with Crippen LogP contribution in [0.5, 0.6) is 0 Å². The molecular weight excluding hydrogens is 222 g/mol. The molecule has 98 valence electrons. The first-order valence-corrected chi connectivity index (χ1v) is 7.01. The molecule has 1 aliphatic heterocycles. The second-order valence-electron chi connectivity index (χ2n) is 5.78. The van der Waals surface area contributed by atoms with E-state index in [1.807, 2.05) is 0 Å². The fourth-order valence-corrected chi connectivity index (χ4v) is 2.68. The summed E-state index contributed by atoms with van der Waals surface area (Å²) in [5.74, 6) is 0. The van der Waals surface area contributed by atoms with Gasteiger partial charge in [0.05, 0.1) is 0 Å². The fourth-order valence-electron chi connectivity index (χ4n) is 2.68. The Morgan fingerprint density at radius 3 is 2.39 bits per heavy atom. The van der Waals surface area contributed by atoms with Crippen molar-refractivity contribution >= 4 is 11.4 Å². The molecule has 2 fully saturated rings. The van der Waals surface area contributed by atoms with Gasteiger partial charge in [-0.05, 0) is 43.5 Å². The Labute approximate surface area is 110 Å². The molecule has 3 rings (SSSR count). The topological polar surface area (TPSA) is 18.5 Å².